The Labute approximate surface area is 106 Å². The molecule has 0 radical (unpaired) electrons. The molecule has 0 heterocycles. The second-order valence-electron chi connectivity index (χ2n) is 5.34. The van der Waals surface area contributed by atoms with Crippen molar-refractivity contribution in [1.29, 1.82) is 0 Å². The van der Waals surface area contributed by atoms with Gasteiger partial charge in [0.2, 0.25) is 0 Å². The summed E-state index contributed by atoms with van der Waals surface area (Å²) < 4.78 is 5.28. The van der Waals surface area contributed by atoms with E-state index >= 15 is 0 Å². The molecule has 2 heteroatoms. The van der Waals surface area contributed by atoms with Gasteiger partial charge in [-0.3, -0.25) is 4.79 Å². The fourth-order valence-corrected chi connectivity index (χ4v) is 1.38. The molecule has 0 saturated heterocycles. The van der Waals surface area contributed by atoms with Gasteiger partial charge < -0.3 is 4.74 Å². The molecule has 0 aromatic carbocycles. The zero-order valence-corrected chi connectivity index (χ0v) is 11.9. The monoisotopic (exact) mass is 238 g/mol. The molecular formula is C15H26O2. The zero-order valence-electron chi connectivity index (χ0n) is 11.9. The quantitative estimate of drug-likeness (QED) is 0.492. The fourth-order valence-electron chi connectivity index (χ4n) is 1.38. The number of carbonyl (C=O) groups excluding carboxylic acids is 1. The van der Waals surface area contributed by atoms with Crippen molar-refractivity contribution >= 4 is 5.97 Å². The summed E-state index contributed by atoms with van der Waals surface area (Å²) in [6.07, 6.45) is 3.55. The number of rotatable bonds is 7. The Morgan fingerprint density at radius 2 is 1.88 bits per heavy atom. The number of hydrogen-bond donors (Lipinski definition) is 0. The van der Waals surface area contributed by atoms with Gasteiger partial charge in [0.25, 0.3) is 0 Å². The van der Waals surface area contributed by atoms with E-state index in [-0.39, 0.29) is 11.9 Å². The Morgan fingerprint density at radius 3 is 2.29 bits per heavy atom. The van der Waals surface area contributed by atoms with E-state index in [1.165, 1.54) is 5.57 Å². The van der Waals surface area contributed by atoms with Gasteiger partial charge in [0.1, 0.15) is 0 Å². The van der Waals surface area contributed by atoms with E-state index in [1.807, 2.05) is 20.8 Å². The first-order chi connectivity index (χ1) is 7.82. The molecule has 17 heavy (non-hydrogen) atoms. The van der Waals surface area contributed by atoms with Crippen molar-refractivity contribution in [1.82, 2.24) is 0 Å². The van der Waals surface area contributed by atoms with Gasteiger partial charge in [-0.1, -0.05) is 37.6 Å². The molecule has 98 valence electrons. The highest BCUT2D eigenvalue weighted by atomic mass is 16.5. The number of hydrogen-bond acceptors (Lipinski definition) is 2. The summed E-state index contributed by atoms with van der Waals surface area (Å²) in [5.74, 6) is 0.480. The lowest BCUT2D eigenvalue weighted by Gasteiger charge is -2.16. The Hall–Kier alpha value is -1.05. The average molecular weight is 238 g/mol. The third-order valence-electron chi connectivity index (χ3n) is 2.53. The van der Waals surface area contributed by atoms with Crippen LogP contribution in [0, 0.1) is 11.8 Å². The lowest BCUT2D eigenvalue weighted by Crippen LogP contribution is -2.15. The first-order valence-corrected chi connectivity index (χ1v) is 6.27. The van der Waals surface area contributed by atoms with Crippen molar-refractivity contribution < 1.29 is 9.53 Å². The van der Waals surface area contributed by atoms with Crippen LogP contribution in [0.4, 0.5) is 0 Å². The van der Waals surface area contributed by atoms with Crippen LogP contribution in [0.25, 0.3) is 0 Å². The van der Waals surface area contributed by atoms with E-state index in [0.29, 0.717) is 18.9 Å². The molecule has 0 aliphatic carbocycles. The van der Waals surface area contributed by atoms with Crippen molar-refractivity contribution in [2.45, 2.75) is 47.5 Å². The summed E-state index contributed by atoms with van der Waals surface area (Å²) in [4.78, 5) is 11.5. The molecule has 2 nitrogen and oxygen atoms in total. The van der Waals surface area contributed by atoms with Gasteiger partial charge in [-0.25, -0.2) is 0 Å². The Kier molecular flexibility index (Phi) is 7.60. The highest BCUT2D eigenvalue weighted by molar-refractivity contribution is 5.69. The first-order valence-electron chi connectivity index (χ1n) is 6.27. The van der Waals surface area contributed by atoms with Crippen LogP contribution in [0.15, 0.2) is 23.8 Å². The minimum Gasteiger partial charge on any atom is -0.465 e. The maximum atomic E-state index is 11.5. The molecule has 0 saturated carbocycles. The predicted octanol–water partition coefficient (Wildman–Crippen LogP) is 4.12. The molecule has 0 amide bonds. The number of esters is 1. The molecule has 0 aliphatic rings. The topological polar surface area (TPSA) is 26.3 Å². The fraction of sp³-hybridized carbons (Fsp3) is 0.667. The van der Waals surface area contributed by atoms with E-state index < -0.39 is 0 Å². The van der Waals surface area contributed by atoms with Crippen LogP contribution in [-0.4, -0.2) is 12.6 Å². The van der Waals surface area contributed by atoms with E-state index in [9.17, 15) is 4.79 Å². The highest BCUT2D eigenvalue weighted by Gasteiger charge is 2.12. The number of carbonyl (C=O) groups is 1. The summed E-state index contributed by atoms with van der Waals surface area (Å²) in [5.41, 5.74) is 2.35. The summed E-state index contributed by atoms with van der Waals surface area (Å²) >= 11 is 0. The van der Waals surface area contributed by atoms with Crippen molar-refractivity contribution in [2.24, 2.45) is 11.8 Å². The van der Waals surface area contributed by atoms with Gasteiger partial charge >= 0.3 is 5.97 Å². The molecule has 1 atom stereocenters. The van der Waals surface area contributed by atoms with Crippen LogP contribution in [0.1, 0.15) is 47.5 Å². The molecule has 0 fully saturated rings. The van der Waals surface area contributed by atoms with Gasteiger partial charge in [0, 0.05) is 12.3 Å². The van der Waals surface area contributed by atoms with Crippen molar-refractivity contribution in [3.05, 3.63) is 23.8 Å². The Balaban J connectivity index is 4.14. The van der Waals surface area contributed by atoms with Crippen LogP contribution >= 0.6 is 0 Å². The lowest BCUT2D eigenvalue weighted by atomic mass is 9.98. The Bertz CT molecular complexity index is 283. The largest absolute Gasteiger partial charge is 0.465 e. The van der Waals surface area contributed by atoms with Crippen molar-refractivity contribution in [3.63, 3.8) is 0 Å². The molecule has 0 N–H and O–H groups in total. The van der Waals surface area contributed by atoms with Crippen LogP contribution in [0.5, 0.6) is 0 Å². The van der Waals surface area contributed by atoms with Gasteiger partial charge in [-0.15, -0.1) is 0 Å². The summed E-state index contributed by atoms with van der Waals surface area (Å²) in [5, 5.41) is 0. The smallest absolute Gasteiger partial charge is 0.306 e. The van der Waals surface area contributed by atoms with Crippen molar-refractivity contribution in [3.8, 4) is 0 Å². The predicted molar refractivity (Wildman–Crippen MR) is 72.8 cm³/mol. The van der Waals surface area contributed by atoms with E-state index in [0.717, 1.165) is 12.0 Å². The summed E-state index contributed by atoms with van der Waals surface area (Å²) in [6.45, 7) is 14.6. The van der Waals surface area contributed by atoms with Crippen LogP contribution in [0.3, 0.4) is 0 Å². The van der Waals surface area contributed by atoms with Gasteiger partial charge in [-0.05, 0) is 33.1 Å². The van der Waals surface area contributed by atoms with Gasteiger partial charge in [0.05, 0.1) is 6.61 Å². The molecule has 0 aromatic rings. The Morgan fingerprint density at radius 1 is 1.29 bits per heavy atom. The SMILES string of the molecule is C=C(C)C(CC=C(C)C)COC(=O)CC(C)C. The second kappa shape index (κ2) is 8.10. The standard InChI is InChI=1S/C15H26O2/c1-11(2)7-8-14(13(5)6)10-17-15(16)9-12(3)4/h7,12,14H,5,8-10H2,1-4,6H3. The summed E-state index contributed by atoms with van der Waals surface area (Å²) in [7, 11) is 0. The zero-order chi connectivity index (χ0) is 13.4. The van der Waals surface area contributed by atoms with Crippen LogP contribution in [0.2, 0.25) is 0 Å². The van der Waals surface area contributed by atoms with Gasteiger partial charge in [-0.2, -0.15) is 0 Å². The molecule has 0 spiro atoms. The average Bonchev–Trinajstić information content (AvgIpc) is 2.15. The minimum absolute atomic E-state index is 0.108. The van der Waals surface area contributed by atoms with Crippen LogP contribution < -0.4 is 0 Å². The third kappa shape index (κ3) is 8.73. The number of allylic oxidation sites excluding steroid dienone is 2. The highest BCUT2D eigenvalue weighted by Crippen LogP contribution is 2.16. The van der Waals surface area contributed by atoms with Gasteiger partial charge in [0.15, 0.2) is 0 Å². The van der Waals surface area contributed by atoms with Crippen molar-refractivity contribution in [2.75, 3.05) is 6.61 Å². The van der Waals surface area contributed by atoms with E-state index in [4.69, 9.17) is 4.74 Å². The van der Waals surface area contributed by atoms with Crippen LogP contribution in [-0.2, 0) is 9.53 Å². The molecule has 0 rings (SSSR count). The first kappa shape index (κ1) is 16.0. The third-order valence-corrected chi connectivity index (χ3v) is 2.53. The molecular weight excluding hydrogens is 212 g/mol. The maximum absolute atomic E-state index is 11.5. The minimum atomic E-state index is -0.108. The molecule has 1 unspecified atom stereocenters. The normalized spacial score (nSPS) is 12.1. The summed E-state index contributed by atoms with van der Waals surface area (Å²) in [6, 6.07) is 0. The molecule has 0 aliphatic heterocycles. The lowest BCUT2D eigenvalue weighted by molar-refractivity contribution is -0.145. The van der Waals surface area contributed by atoms with E-state index in [2.05, 4.69) is 26.5 Å². The molecule has 0 bridgehead atoms. The molecule has 0 aromatic heterocycles. The van der Waals surface area contributed by atoms with E-state index in [1.54, 1.807) is 0 Å². The number of ether oxygens (including phenoxy) is 1. The second-order valence-corrected chi connectivity index (χ2v) is 5.34. The maximum Gasteiger partial charge on any atom is 0.306 e.